The average molecular weight is 536 g/mol. The van der Waals surface area contributed by atoms with E-state index >= 15 is 0 Å². The molecule has 0 radical (unpaired) electrons. The van der Waals surface area contributed by atoms with Gasteiger partial charge in [-0.3, -0.25) is 14.6 Å². The number of aliphatic hydroxyl groups is 1. The Morgan fingerprint density at radius 2 is 2.03 bits per heavy atom. The van der Waals surface area contributed by atoms with E-state index in [-0.39, 0.29) is 37.2 Å². The van der Waals surface area contributed by atoms with E-state index in [2.05, 4.69) is 51.5 Å². The number of hydrogen-bond donors (Lipinski definition) is 3. The summed E-state index contributed by atoms with van der Waals surface area (Å²) < 4.78 is 5.85. The molecule has 0 unspecified atom stereocenters. The van der Waals surface area contributed by atoms with Crippen LogP contribution in [0.15, 0.2) is 41.9 Å². The zero-order chi connectivity index (χ0) is 26.9. The second-order valence-corrected chi connectivity index (χ2v) is 11.3. The van der Waals surface area contributed by atoms with Crippen LogP contribution < -0.4 is 15.5 Å². The molecule has 3 atom stereocenters. The van der Waals surface area contributed by atoms with Gasteiger partial charge >= 0.3 is 0 Å². The van der Waals surface area contributed by atoms with E-state index in [0.717, 1.165) is 54.1 Å². The molecule has 1 aliphatic heterocycles. The minimum Gasteiger partial charge on any atom is -0.395 e. The first-order valence-electron chi connectivity index (χ1n) is 12.9. The standard InChI is InChI=1S/C28H33N5O4S/c1-17-13-33(14-18(2)37-17)21-6-4-5-19(9-21)24-15-38-27(31-24)32-25(35)12-30-26(36)20-10-22-23(29-11-20)7-8-28(22,3)16-34/h4-6,9-11,15,17-18,34H,7-8,12-14,16H2,1-3H3,(H,30,36)(H,31,32,35)/t17-,18+,28-/m1/s1. The SMILES string of the molecule is C[C@@H]1CN(c2cccc(-c3csc(NC(=O)CNC(=O)c4cnc5c(c4)[C@@](C)(CO)CC5)n3)c2)C[C@H](C)O1. The number of thiazole rings is 1. The Morgan fingerprint density at radius 3 is 2.79 bits per heavy atom. The van der Waals surface area contributed by atoms with Gasteiger partial charge in [-0.1, -0.05) is 19.1 Å². The molecule has 1 aromatic carbocycles. The molecular weight excluding hydrogens is 502 g/mol. The van der Waals surface area contributed by atoms with E-state index in [1.165, 1.54) is 17.5 Å². The monoisotopic (exact) mass is 535 g/mol. The lowest BCUT2D eigenvalue weighted by atomic mass is 9.85. The predicted octanol–water partition coefficient (Wildman–Crippen LogP) is 3.38. The fourth-order valence-electron chi connectivity index (χ4n) is 5.17. The van der Waals surface area contributed by atoms with Crippen molar-refractivity contribution in [2.45, 2.75) is 51.2 Å². The van der Waals surface area contributed by atoms with E-state index in [1.807, 2.05) is 24.4 Å². The molecule has 3 heterocycles. The predicted molar refractivity (Wildman–Crippen MR) is 148 cm³/mol. The summed E-state index contributed by atoms with van der Waals surface area (Å²) in [6, 6.07) is 9.99. The number of aliphatic hydroxyl groups excluding tert-OH is 1. The highest BCUT2D eigenvalue weighted by Crippen LogP contribution is 2.37. The molecule has 0 spiro atoms. The van der Waals surface area contributed by atoms with Crippen molar-refractivity contribution in [3.05, 3.63) is 58.7 Å². The zero-order valence-corrected chi connectivity index (χ0v) is 22.7. The van der Waals surface area contributed by atoms with Crippen molar-refractivity contribution < 1.29 is 19.4 Å². The Morgan fingerprint density at radius 1 is 1.24 bits per heavy atom. The Kier molecular flexibility index (Phi) is 7.47. The smallest absolute Gasteiger partial charge is 0.253 e. The van der Waals surface area contributed by atoms with Crippen LogP contribution in [0.1, 0.15) is 48.8 Å². The van der Waals surface area contributed by atoms with Crippen LogP contribution in [-0.4, -0.2) is 65.3 Å². The van der Waals surface area contributed by atoms with Gasteiger partial charge in [-0.2, -0.15) is 0 Å². The van der Waals surface area contributed by atoms with Gasteiger partial charge in [0.05, 0.1) is 36.6 Å². The first-order chi connectivity index (χ1) is 18.2. The van der Waals surface area contributed by atoms with Crippen molar-refractivity contribution in [2.75, 3.05) is 36.5 Å². The molecule has 200 valence electrons. The molecule has 2 aliphatic rings. The van der Waals surface area contributed by atoms with Crippen LogP contribution in [0, 0.1) is 0 Å². The number of carbonyl (C=O) groups excluding carboxylic acids is 2. The van der Waals surface area contributed by atoms with Gasteiger partial charge in [0.2, 0.25) is 5.91 Å². The number of anilines is 2. The topological polar surface area (TPSA) is 117 Å². The number of hydrogen-bond acceptors (Lipinski definition) is 8. The number of amides is 2. The molecule has 10 heteroatoms. The van der Waals surface area contributed by atoms with Crippen LogP contribution in [0.5, 0.6) is 0 Å². The summed E-state index contributed by atoms with van der Waals surface area (Å²) in [6.45, 7) is 7.61. The summed E-state index contributed by atoms with van der Waals surface area (Å²) in [7, 11) is 0. The zero-order valence-electron chi connectivity index (χ0n) is 21.9. The Bertz CT molecular complexity index is 1330. The number of morpholine rings is 1. The summed E-state index contributed by atoms with van der Waals surface area (Å²) in [5.74, 6) is -0.746. The van der Waals surface area contributed by atoms with Crippen LogP contribution in [0.3, 0.4) is 0 Å². The highest BCUT2D eigenvalue weighted by Gasteiger charge is 2.35. The van der Waals surface area contributed by atoms with Gasteiger partial charge in [-0.25, -0.2) is 4.98 Å². The Hall–Kier alpha value is -3.34. The van der Waals surface area contributed by atoms with E-state index in [9.17, 15) is 14.7 Å². The highest BCUT2D eigenvalue weighted by molar-refractivity contribution is 7.14. The molecule has 9 nitrogen and oxygen atoms in total. The lowest BCUT2D eigenvalue weighted by Gasteiger charge is -2.37. The molecule has 2 aromatic heterocycles. The highest BCUT2D eigenvalue weighted by atomic mass is 32.1. The maximum Gasteiger partial charge on any atom is 0.253 e. The molecule has 1 aliphatic carbocycles. The first kappa shape index (κ1) is 26.3. The summed E-state index contributed by atoms with van der Waals surface area (Å²) in [5, 5.41) is 17.6. The normalized spacial score (nSPS) is 22.7. The number of nitrogens with one attached hydrogen (secondary N) is 2. The lowest BCUT2D eigenvalue weighted by molar-refractivity contribution is -0.115. The molecule has 1 fully saturated rings. The van der Waals surface area contributed by atoms with Crippen molar-refractivity contribution in [2.24, 2.45) is 0 Å². The molecule has 3 N–H and O–H groups in total. The van der Waals surface area contributed by atoms with E-state index in [4.69, 9.17) is 4.74 Å². The van der Waals surface area contributed by atoms with Crippen molar-refractivity contribution >= 4 is 34.0 Å². The van der Waals surface area contributed by atoms with Gasteiger partial charge in [-0.05, 0) is 50.5 Å². The second kappa shape index (κ2) is 10.8. The fourth-order valence-corrected chi connectivity index (χ4v) is 5.91. The third kappa shape index (κ3) is 5.57. The molecule has 0 saturated carbocycles. The maximum atomic E-state index is 12.7. The summed E-state index contributed by atoms with van der Waals surface area (Å²) in [5.41, 5.74) is 4.66. The van der Waals surface area contributed by atoms with Gasteiger partial charge in [0, 0.05) is 47.0 Å². The maximum absolute atomic E-state index is 12.7. The molecule has 3 aromatic rings. The third-order valence-electron chi connectivity index (χ3n) is 7.23. The second-order valence-electron chi connectivity index (χ2n) is 10.4. The van der Waals surface area contributed by atoms with Gasteiger partial charge in [0.1, 0.15) is 0 Å². The molecule has 0 bridgehead atoms. The van der Waals surface area contributed by atoms with E-state index in [1.54, 1.807) is 6.07 Å². The number of aryl methyl sites for hydroxylation is 1. The average Bonchev–Trinajstić information content (AvgIpc) is 3.51. The third-order valence-corrected chi connectivity index (χ3v) is 7.99. The lowest BCUT2D eigenvalue weighted by Crippen LogP contribution is -2.45. The molecular formula is C28H33N5O4S. The summed E-state index contributed by atoms with van der Waals surface area (Å²) in [6.07, 6.45) is 3.44. The largest absolute Gasteiger partial charge is 0.395 e. The van der Waals surface area contributed by atoms with Crippen LogP contribution in [0.4, 0.5) is 10.8 Å². The Balaban J connectivity index is 1.18. The molecule has 38 heavy (non-hydrogen) atoms. The van der Waals surface area contributed by atoms with Crippen LogP contribution in [0.2, 0.25) is 0 Å². The van der Waals surface area contributed by atoms with E-state index in [0.29, 0.717) is 10.7 Å². The summed E-state index contributed by atoms with van der Waals surface area (Å²) >= 11 is 1.34. The number of aromatic nitrogens is 2. The van der Waals surface area contributed by atoms with Crippen LogP contribution in [0.25, 0.3) is 11.3 Å². The van der Waals surface area contributed by atoms with Crippen molar-refractivity contribution in [1.29, 1.82) is 0 Å². The van der Waals surface area contributed by atoms with Crippen molar-refractivity contribution in [3.63, 3.8) is 0 Å². The van der Waals surface area contributed by atoms with Gasteiger partial charge in [0.15, 0.2) is 5.13 Å². The van der Waals surface area contributed by atoms with E-state index < -0.39 is 5.41 Å². The number of fused-ring (bicyclic) bond motifs is 1. The number of nitrogens with zero attached hydrogens (tertiary/aromatic N) is 3. The fraction of sp³-hybridized carbons (Fsp3) is 0.429. The number of carbonyl (C=O) groups is 2. The summed E-state index contributed by atoms with van der Waals surface area (Å²) in [4.78, 5) is 36.5. The molecule has 2 amide bonds. The van der Waals surface area contributed by atoms with Gasteiger partial charge in [0.25, 0.3) is 5.91 Å². The van der Waals surface area contributed by atoms with Crippen LogP contribution in [-0.2, 0) is 21.4 Å². The molecule has 1 saturated heterocycles. The van der Waals surface area contributed by atoms with Crippen LogP contribution >= 0.6 is 11.3 Å². The Labute approximate surface area is 226 Å². The quantitative estimate of drug-likeness (QED) is 0.425. The minimum absolute atomic E-state index is 0.000874. The first-order valence-corrected chi connectivity index (χ1v) is 13.8. The van der Waals surface area contributed by atoms with Gasteiger partial charge in [-0.15, -0.1) is 11.3 Å². The van der Waals surface area contributed by atoms with Gasteiger partial charge < -0.3 is 25.4 Å². The van der Waals surface area contributed by atoms with Crippen molar-refractivity contribution in [3.8, 4) is 11.3 Å². The van der Waals surface area contributed by atoms with Crippen molar-refractivity contribution in [1.82, 2.24) is 15.3 Å². The minimum atomic E-state index is -0.392. The number of benzene rings is 1. The number of rotatable bonds is 7. The number of pyridine rings is 1. The molecule has 5 rings (SSSR count). The number of ether oxygens (including phenoxy) is 1.